The number of aliphatic hydroxyl groups is 1. The van der Waals surface area contributed by atoms with E-state index < -0.39 is 5.60 Å². The number of aromatic hydroxyl groups is 1. The molecule has 0 radical (unpaired) electrons. The van der Waals surface area contributed by atoms with Gasteiger partial charge in [0.2, 0.25) is 0 Å². The van der Waals surface area contributed by atoms with Gasteiger partial charge in [0.25, 0.3) is 0 Å². The Labute approximate surface area is 84.0 Å². The maximum absolute atomic E-state index is 9.70. The molecule has 1 atom stereocenters. The number of methoxy groups -OCH3 is 1. The van der Waals surface area contributed by atoms with Crippen LogP contribution in [-0.4, -0.2) is 23.9 Å². The normalized spacial score (nSPS) is 15.1. The van der Waals surface area contributed by atoms with Gasteiger partial charge in [-0.1, -0.05) is 12.1 Å². The van der Waals surface area contributed by atoms with Crippen molar-refractivity contribution in [3.05, 3.63) is 29.3 Å². The van der Waals surface area contributed by atoms with Gasteiger partial charge in [0.05, 0.1) is 6.61 Å². The number of hydrogen-bond acceptors (Lipinski definition) is 3. The monoisotopic (exact) mass is 196 g/mol. The van der Waals surface area contributed by atoms with Crippen LogP contribution >= 0.6 is 0 Å². The van der Waals surface area contributed by atoms with Crippen LogP contribution in [0.5, 0.6) is 5.75 Å². The van der Waals surface area contributed by atoms with Gasteiger partial charge in [0, 0.05) is 12.7 Å². The summed E-state index contributed by atoms with van der Waals surface area (Å²) in [5, 5.41) is 18.9. The van der Waals surface area contributed by atoms with Gasteiger partial charge in [-0.15, -0.1) is 0 Å². The molecule has 0 aliphatic rings. The molecule has 0 aliphatic heterocycles. The van der Waals surface area contributed by atoms with E-state index in [9.17, 15) is 10.2 Å². The van der Waals surface area contributed by atoms with Crippen LogP contribution < -0.4 is 0 Å². The molecule has 1 aromatic rings. The second-order valence-corrected chi connectivity index (χ2v) is 3.61. The minimum atomic E-state index is -0.836. The van der Waals surface area contributed by atoms with Crippen LogP contribution in [0.15, 0.2) is 18.2 Å². The first-order valence-electron chi connectivity index (χ1n) is 4.49. The quantitative estimate of drug-likeness (QED) is 0.771. The van der Waals surface area contributed by atoms with Crippen LogP contribution in [0.2, 0.25) is 0 Å². The van der Waals surface area contributed by atoms with Crippen molar-refractivity contribution in [2.45, 2.75) is 19.4 Å². The Balaban J connectivity index is 3.17. The van der Waals surface area contributed by atoms with Crippen molar-refractivity contribution in [2.75, 3.05) is 13.7 Å². The fraction of sp³-hybridized carbons (Fsp3) is 0.455. The predicted octanol–water partition coefficient (Wildman–Crippen LogP) is 1.55. The van der Waals surface area contributed by atoms with Crippen molar-refractivity contribution >= 4 is 0 Å². The maximum atomic E-state index is 9.70. The second kappa shape index (κ2) is 3.98. The van der Waals surface area contributed by atoms with Gasteiger partial charge in [0.15, 0.2) is 0 Å². The molecule has 1 aromatic carbocycles. The average molecular weight is 196 g/mol. The molecule has 0 saturated carbocycles. The average Bonchev–Trinajstić information content (AvgIpc) is 2.17. The smallest absolute Gasteiger partial charge is 0.122 e. The Bertz CT molecular complexity index is 316. The number of phenolic OH excluding ortho intramolecular Hbond substituents is 1. The van der Waals surface area contributed by atoms with Gasteiger partial charge in [-0.05, 0) is 25.5 Å². The molecule has 1 rings (SSSR count). The van der Waals surface area contributed by atoms with Gasteiger partial charge in [-0.3, -0.25) is 0 Å². The number of hydrogen-bond donors (Lipinski definition) is 2. The Kier molecular flexibility index (Phi) is 3.13. The lowest BCUT2D eigenvalue weighted by Crippen LogP contribution is -2.28. The van der Waals surface area contributed by atoms with Crippen LogP contribution in [0.1, 0.15) is 18.1 Å². The standard InChI is InChI=1S/C11H16O3/c1-8-4-5-9(10(13)6-8)11(2,7-12)14-3/h4-6,12-13H,7H2,1-3H3/t11-/m1/s1. The van der Waals surface area contributed by atoms with E-state index in [1.807, 2.05) is 13.0 Å². The van der Waals surface area contributed by atoms with E-state index in [0.717, 1.165) is 5.56 Å². The fourth-order valence-electron chi connectivity index (χ4n) is 1.35. The highest BCUT2D eigenvalue weighted by Gasteiger charge is 2.28. The van der Waals surface area contributed by atoms with Gasteiger partial charge in [-0.2, -0.15) is 0 Å². The van der Waals surface area contributed by atoms with E-state index in [1.54, 1.807) is 19.1 Å². The largest absolute Gasteiger partial charge is 0.508 e. The Morgan fingerprint density at radius 1 is 1.43 bits per heavy atom. The number of ether oxygens (including phenoxy) is 1. The van der Waals surface area contributed by atoms with Gasteiger partial charge in [-0.25, -0.2) is 0 Å². The zero-order valence-electron chi connectivity index (χ0n) is 8.74. The molecule has 0 aromatic heterocycles. The summed E-state index contributed by atoms with van der Waals surface area (Å²) in [5.74, 6) is 0.156. The van der Waals surface area contributed by atoms with Crippen LogP contribution in [0.25, 0.3) is 0 Å². The summed E-state index contributed by atoms with van der Waals surface area (Å²) in [6.07, 6.45) is 0. The third-order valence-electron chi connectivity index (χ3n) is 2.48. The molecule has 0 unspecified atom stereocenters. The van der Waals surface area contributed by atoms with Crippen molar-refractivity contribution in [2.24, 2.45) is 0 Å². The van der Waals surface area contributed by atoms with Crippen molar-refractivity contribution in [1.29, 1.82) is 0 Å². The van der Waals surface area contributed by atoms with Crippen LogP contribution in [0.4, 0.5) is 0 Å². The topological polar surface area (TPSA) is 49.7 Å². The lowest BCUT2D eigenvalue weighted by Gasteiger charge is -2.27. The van der Waals surface area contributed by atoms with Crippen molar-refractivity contribution in [3.8, 4) is 5.75 Å². The van der Waals surface area contributed by atoms with Crippen LogP contribution in [0, 0.1) is 6.92 Å². The van der Waals surface area contributed by atoms with Gasteiger partial charge in [0.1, 0.15) is 11.4 Å². The summed E-state index contributed by atoms with van der Waals surface area (Å²) in [5.41, 5.74) is 0.744. The fourth-order valence-corrected chi connectivity index (χ4v) is 1.35. The van der Waals surface area contributed by atoms with E-state index in [-0.39, 0.29) is 12.4 Å². The summed E-state index contributed by atoms with van der Waals surface area (Å²) in [6, 6.07) is 5.30. The minimum Gasteiger partial charge on any atom is -0.508 e. The number of aliphatic hydroxyl groups excluding tert-OH is 1. The zero-order valence-corrected chi connectivity index (χ0v) is 8.74. The predicted molar refractivity (Wildman–Crippen MR) is 54.3 cm³/mol. The van der Waals surface area contributed by atoms with E-state index >= 15 is 0 Å². The van der Waals surface area contributed by atoms with E-state index in [4.69, 9.17) is 4.74 Å². The SMILES string of the molecule is CO[C@](C)(CO)c1ccc(C)cc1O. The summed E-state index contributed by atoms with van der Waals surface area (Å²) in [7, 11) is 1.51. The summed E-state index contributed by atoms with van der Waals surface area (Å²) >= 11 is 0. The molecule has 0 spiro atoms. The number of rotatable bonds is 3. The first-order chi connectivity index (χ1) is 6.53. The Morgan fingerprint density at radius 3 is 2.50 bits per heavy atom. The van der Waals surface area contributed by atoms with Crippen LogP contribution in [0.3, 0.4) is 0 Å². The molecule has 0 fully saturated rings. The number of phenols is 1. The molecular formula is C11H16O3. The number of benzene rings is 1. The molecule has 2 N–H and O–H groups in total. The third kappa shape index (κ3) is 1.89. The molecule has 78 valence electrons. The number of aryl methyl sites for hydroxylation is 1. The molecule has 14 heavy (non-hydrogen) atoms. The Hall–Kier alpha value is -1.06. The molecule has 0 bridgehead atoms. The van der Waals surface area contributed by atoms with Crippen molar-refractivity contribution in [3.63, 3.8) is 0 Å². The molecule has 0 amide bonds. The van der Waals surface area contributed by atoms with E-state index in [2.05, 4.69) is 0 Å². The van der Waals surface area contributed by atoms with Crippen LogP contribution in [-0.2, 0) is 10.3 Å². The molecular weight excluding hydrogens is 180 g/mol. The molecule has 0 heterocycles. The molecule has 3 heteroatoms. The summed E-state index contributed by atoms with van der Waals surface area (Å²) < 4.78 is 5.18. The molecule has 0 saturated heterocycles. The third-order valence-corrected chi connectivity index (χ3v) is 2.48. The van der Waals surface area contributed by atoms with E-state index in [1.165, 1.54) is 7.11 Å². The van der Waals surface area contributed by atoms with Crippen molar-refractivity contribution in [1.82, 2.24) is 0 Å². The van der Waals surface area contributed by atoms with E-state index in [0.29, 0.717) is 5.56 Å². The highest BCUT2D eigenvalue weighted by Crippen LogP contribution is 2.31. The zero-order chi connectivity index (χ0) is 10.8. The highest BCUT2D eigenvalue weighted by atomic mass is 16.5. The maximum Gasteiger partial charge on any atom is 0.122 e. The van der Waals surface area contributed by atoms with Gasteiger partial charge < -0.3 is 14.9 Å². The Morgan fingerprint density at radius 2 is 2.07 bits per heavy atom. The minimum absolute atomic E-state index is 0.156. The highest BCUT2D eigenvalue weighted by molar-refractivity contribution is 5.39. The first-order valence-corrected chi connectivity index (χ1v) is 4.49. The lowest BCUT2D eigenvalue weighted by atomic mass is 9.95. The van der Waals surface area contributed by atoms with Crippen molar-refractivity contribution < 1.29 is 14.9 Å². The molecule has 0 aliphatic carbocycles. The lowest BCUT2D eigenvalue weighted by molar-refractivity contribution is -0.0435. The summed E-state index contributed by atoms with van der Waals surface area (Å²) in [6.45, 7) is 3.46. The van der Waals surface area contributed by atoms with Gasteiger partial charge >= 0.3 is 0 Å². The summed E-state index contributed by atoms with van der Waals surface area (Å²) in [4.78, 5) is 0. The first kappa shape index (κ1) is 11.0. The second-order valence-electron chi connectivity index (χ2n) is 3.61. The molecule has 3 nitrogen and oxygen atoms in total.